The number of hydrogen-bond acceptors (Lipinski definition) is 8. The number of anilines is 1. The lowest BCUT2D eigenvalue weighted by Crippen LogP contribution is -2.30. The number of H-pyrrole nitrogens is 1. The molecule has 0 saturated carbocycles. The van der Waals surface area contributed by atoms with E-state index < -0.39 is 17.7 Å². The predicted octanol–water partition coefficient (Wildman–Crippen LogP) is 4.00. The molecule has 4 aromatic rings. The maximum Gasteiger partial charge on any atom is 0.302 e. The fourth-order valence-electron chi connectivity index (χ4n) is 4.36. The van der Waals surface area contributed by atoms with Crippen molar-refractivity contribution in [3.8, 4) is 17.2 Å². The van der Waals surface area contributed by atoms with Gasteiger partial charge in [-0.1, -0.05) is 18.2 Å². The van der Waals surface area contributed by atoms with Gasteiger partial charge < -0.3 is 24.3 Å². The molecule has 3 heterocycles. The maximum atomic E-state index is 13.4. The summed E-state index contributed by atoms with van der Waals surface area (Å²) in [7, 11) is 3.03. The Balaban J connectivity index is 1.69. The number of Topliss-reactive ketones (excluding diaryl/α,β-unsaturated/α-hetero) is 1. The van der Waals surface area contributed by atoms with Crippen molar-refractivity contribution in [3.63, 3.8) is 0 Å². The molecule has 1 fully saturated rings. The van der Waals surface area contributed by atoms with E-state index in [4.69, 9.17) is 14.2 Å². The van der Waals surface area contributed by atoms with Gasteiger partial charge in [0.25, 0.3) is 5.78 Å². The first kappa shape index (κ1) is 23.9. The van der Waals surface area contributed by atoms with Crippen LogP contribution >= 0.6 is 0 Å². The number of rotatable bonds is 7. The van der Waals surface area contributed by atoms with Crippen molar-refractivity contribution in [1.82, 2.24) is 15.0 Å². The minimum absolute atomic E-state index is 0.104. The Morgan fingerprint density at radius 2 is 1.84 bits per heavy atom. The molecule has 0 aliphatic carbocycles. The third-order valence-electron chi connectivity index (χ3n) is 6.03. The summed E-state index contributed by atoms with van der Waals surface area (Å²) in [5, 5.41) is 11.3. The highest BCUT2D eigenvalue weighted by atomic mass is 16.5. The molecule has 0 bridgehead atoms. The van der Waals surface area contributed by atoms with E-state index in [1.54, 1.807) is 60.8 Å². The van der Waals surface area contributed by atoms with Gasteiger partial charge in [-0.25, -0.2) is 4.98 Å². The van der Waals surface area contributed by atoms with Crippen LogP contribution in [-0.2, 0) is 9.59 Å². The number of amides is 1. The number of imidazole rings is 1. The molecule has 2 N–H and O–H groups in total. The van der Waals surface area contributed by atoms with Crippen LogP contribution in [0.2, 0.25) is 0 Å². The van der Waals surface area contributed by atoms with Gasteiger partial charge in [-0.05, 0) is 31.2 Å². The van der Waals surface area contributed by atoms with Gasteiger partial charge in [0.15, 0.2) is 11.5 Å². The van der Waals surface area contributed by atoms with Crippen LogP contribution in [0.3, 0.4) is 0 Å². The summed E-state index contributed by atoms with van der Waals surface area (Å²) < 4.78 is 16.3. The van der Waals surface area contributed by atoms with Crippen LogP contribution in [0.4, 0.5) is 5.95 Å². The molecule has 1 aliphatic rings. The lowest BCUT2D eigenvalue weighted by molar-refractivity contribution is -0.132. The number of aliphatic hydroxyl groups is 1. The molecule has 0 spiro atoms. The number of nitrogens with one attached hydrogen (secondary N) is 1. The smallest absolute Gasteiger partial charge is 0.302 e. The fourth-order valence-corrected chi connectivity index (χ4v) is 4.36. The molecule has 188 valence electrons. The highest BCUT2D eigenvalue weighted by Crippen LogP contribution is 2.42. The number of aromatic amines is 1. The van der Waals surface area contributed by atoms with Crippen molar-refractivity contribution in [2.24, 2.45) is 0 Å². The SMILES string of the molecule is CCOc1cccc(/C(O)=C2\C(=O)C(=O)N(c3nc4cc(OC)c(OC)cc4[nH]3)C2c2ccccn2)c1. The van der Waals surface area contributed by atoms with Gasteiger partial charge in [-0.15, -0.1) is 0 Å². The van der Waals surface area contributed by atoms with Crippen LogP contribution in [0.25, 0.3) is 16.8 Å². The molecule has 37 heavy (non-hydrogen) atoms. The number of ether oxygens (including phenoxy) is 3. The van der Waals surface area contributed by atoms with E-state index >= 15 is 0 Å². The van der Waals surface area contributed by atoms with E-state index in [2.05, 4.69) is 15.0 Å². The predicted molar refractivity (Wildman–Crippen MR) is 136 cm³/mol. The highest BCUT2D eigenvalue weighted by Gasteiger charge is 2.49. The van der Waals surface area contributed by atoms with Crippen LogP contribution in [0.5, 0.6) is 17.2 Å². The molecule has 1 unspecified atom stereocenters. The molecule has 2 aromatic heterocycles. The molecular weight excluding hydrogens is 476 g/mol. The summed E-state index contributed by atoms with van der Waals surface area (Å²) in [4.78, 5) is 40.0. The van der Waals surface area contributed by atoms with Gasteiger partial charge >= 0.3 is 5.91 Å². The fraction of sp³-hybridized carbons (Fsp3) is 0.185. The summed E-state index contributed by atoms with van der Waals surface area (Å²) in [6.45, 7) is 2.28. The number of fused-ring (bicyclic) bond motifs is 1. The molecular formula is C27H24N4O6. The minimum Gasteiger partial charge on any atom is -0.507 e. The summed E-state index contributed by atoms with van der Waals surface area (Å²) in [5.74, 6) is -0.465. The number of aliphatic hydroxyl groups excluding tert-OH is 1. The van der Waals surface area contributed by atoms with Crippen molar-refractivity contribution >= 4 is 34.4 Å². The Kier molecular flexibility index (Phi) is 6.22. The second-order valence-electron chi connectivity index (χ2n) is 8.17. The number of aromatic nitrogens is 3. The Bertz CT molecular complexity index is 1490. The second kappa shape index (κ2) is 9.65. The number of methoxy groups -OCH3 is 2. The Labute approximate surface area is 212 Å². The molecule has 2 aromatic carbocycles. The largest absolute Gasteiger partial charge is 0.507 e. The van der Waals surface area contributed by atoms with E-state index in [0.29, 0.717) is 46.1 Å². The third-order valence-corrected chi connectivity index (χ3v) is 6.03. The summed E-state index contributed by atoms with van der Waals surface area (Å²) >= 11 is 0. The van der Waals surface area contributed by atoms with E-state index in [-0.39, 0.29) is 17.3 Å². The Morgan fingerprint density at radius 1 is 1.05 bits per heavy atom. The highest BCUT2D eigenvalue weighted by molar-refractivity contribution is 6.51. The summed E-state index contributed by atoms with van der Waals surface area (Å²) in [6.07, 6.45) is 1.56. The first-order valence-electron chi connectivity index (χ1n) is 11.5. The molecule has 5 rings (SSSR count). The Morgan fingerprint density at radius 3 is 2.54 bits per heavy atom. The normalized spacial score (nSPS) is 16.8. The monoisotopic (exact) mass is 500 g/mol. The van der Waals surface area contributed by atoms with Crippen molar-refractivity contribution in [3.05, 3.63) is 77.6 Å². The lowest BCUT2D eigenvalue weighted by atomic mass is 9.98. The topological polar surface area (TPSA) is 127 Å². The summed E-state index contributed by atoms with van der Waals surface area (Å²) in [6, 6.07) is 14.2. The molecule has 1 saturated heterocycles. The first-order valence-corrected chi connectivity index (χ1v) is 11.5. The van der Waals surface area contributed by atoms with Crippen LogP contribution < -0.4 is 19.1 Å². The number of benzene rings is 2. The first-order chi connectivity index (χ1) is 18.0. The molecule has 1 amide bonds. The third kappa shape index (κ3) is 4.12. The standard InChI is InChI=1S/C27H24N4O6/c1-4-37-16-9-7-8-15(12-16)24(32)22-23(17-10-5-6-11-28-17)31(26(34)25(22)33)27-29-18-13-20(35-2)21(36-3)14-19(18)30-27/h5-14,23,32H,4H2,1-3H3,(H,29,30)/b24-22+. The van der Waals surface area contributed by atoms with Gasteiger partial charge in [0.05, 0.1) is 43.1 Å². The van der Waals surface area contributed by atoms with Crippen LogP contribution in [-0.4, -0.2) is 52.6 Å². The lowest BCUT2D eigenvalue weighted by Gasteiger charge is -2.22. The number of carbonyl (C=O) groups is 2. The van der Waals surface area contributed by atoms with Gasteiger partial charge in [-0.2, -0.15) is 0 Å². The van der Waals surface area contributed by atoms with E-state index in [1.807, 2.05) is 6.92 Å². The van der Waals surface area contributed by atoms with Crippen molar-refractivity contribution in [2.75, 3.05) is 25.7 Å². The minimum atomic E-state index is -1.03. The van der Waals surface area contributed by atoms with Crippen LogP contribution in [0.15, 0.2) is 66.4 Å². The second-order valence-corrected chi connectivity index (χ2v) is 8.17. The van der Waals surface area contributed by atoms with Crippen molar-refractivity contribution < 1.29 is 28.9 Å². The maximum absolute atomic E-state index is 13.4. The zero-order chi connectivity index (χ0) is 26.1. The van der Waals surface area contributed by atoms with Crippen molar-refractivity contribution in [1.29, 1.82) is 0 Å². The van der Waals surface area contributed by atoms with Gasteiger partial charge in [0.1, 0.15) is 17.6 Å². The van der Waals surface area contributed by atoms with E-state index in [1.165, 1.54) is 19.1 Å². The number of pyridine rings is 1. The average molecular weight is 501 g/mol. The molecule has 10 heteroatoms. The number of carbonyl (C=O) groups excluding carboxylic acids is 2. The number of nitrogens with zero attached hydrogens (tertiary/aromatic N) is 3. The zero-order valence-corrected chi connectivity index (χ0v) is 20.4. The van der Waals surface area contributed by atoms with Crippen LogP contribution in [0.1, 0.15) is 24.2 Å². The van der Waals surface area contributed by atoms with E-state index in [9.17, 15) is 14.7 Å². The summed E-state index contributed by atoms with van der Waals surface area (Å²) in [5.41, 5.74) is 1.69. The molecule has 1 aliphatic heterocycles. The number of ketones is 1. The van der Waals surface area contributed by atoms with Gasteiger partial charge in [-0.3, -0.25) is 19.5 Å². The quantitative estimate of drug-likeness (QED) is 0.222. The van der Waals surface area contributed by atoms with Crippen LogP contribution in [0, 0.1) is 0 Å². The van der Waals surface area contributed by atoms with Gasteiger partial charge in [0, 0.05) is 23.9 Å². The Hall–Kier alpha value is -4.86. The zero-order valence-electron chi connectivity index (χ0n) is 20.4. The average Bonchev–Trinajstić information content (AvgIpc) is 3.45. The molecule has 10 nitrogen and oxygen atoms in total. The van der Waals surface area contributed by atoms with E-state index in [0.717, 1.165) is 0 Å². The van der Waals surface area contributed by atoms with Gasteiger partial charge in [0.2, 0.25) is 5.95 Å². The molecule has 1 atom stereocenters. The number of hydrogen-bond donors (Lipinski definition) is 2. The van der Waals surface area contributed by atoms with Crippen molar-refractivity contribution in [2.45, 2.75) is 13.0 Å². The molecule has 0 radical (unpaired) electrons.